The van der Waals surface area contributed by atoms with Crippen molar-refractivity contribution < 1.29 is 9.90 Å². The van der Waals surface area contributed by atoms with Crippen LogP contribution in [-0.2, 0) is 4.79 Å². The van der Waals surface area contributed by atoms with Crippen LogP contribution in [0.2, 0.25) is 0 Å². The predicted molar refractivity (Wildman–Crippen MR) is 61.0 cm³/mol. The Labute approximate surface area is 94.5 Å². The van der Waals surface area contributed by atoms with Gasteiger partial charge in [0.15, 0.2) is 0 Å². The maximum absolute atomic E-state index is 10.8. The van der Waals surface area contributed by atoms with Gasteiger partial charge in [-0.05, 0) is 43.2 Å². The Morgan fingerprint density at radius 3 is 2.62 bits per heavy atom. The molecule has 0 saturated heterocycles. The standard InChI is InChI=1S/C12H16N2O2/c13-11-10(2-1-7-14-11)8-3-5-9(6-4-8)12(15)16/h1-2,7-9H,3-6H2,(H2,13,14)(H,15,16). The number of carboxylic acid groups (broad SMARTS) is 1. The molecule has 3 N–H and O–H groups in total. The number of rotatable bonds is 2. The first-order valence-corrected chi connectivity index (χ1v) is 5.61. The zero-order valence-corrected chi connectivity index (χ0v) is 9.10. The zero-order chi connectivity index (χ0) is 11.5. The van der Waals surface area contributed by atoms with Crippen molar-refractivity contribution in [2.45, 2.75) is 31.6 Å². The SMILES string of the molecule is Nc1ncccc1C1CCC(C(=O)O)CC1. The molecule has 4 nitrogen and oxygen atoms in total. The Balaban J connectivity index is 2.05. The molecule has 0 unspecified atom stereocenters. The summed E-state index contributed by atoms with van der Waals surface area (Å²) in [4.78, 5) is 14.9. The Morgan fingerprint density at radius 1 is 1.38 bits per heavy atom. The van der Waals surface area contributed by atoms with E-state index in [1.165, 1.54) is 0 Å². The summed E-state index contributed by atoms with van der Waals surface area (Å²) in [6.45, 7) is 0. The number of nitrogens with zero attached hydrogens (tertiary/aromatic N) is 1. The first-order valence-electron chi connectivity index (χ1n) is 5.61. The van der Waals surface area contributed by atoms with Gasteiger partial charge in [-0.25, -0.2) is 4.98 Å². The van der Waals surface area contributed by atoms with E-state index in [0.29, 0.717) is 11.7 Å². The van der Waals surface area contributed by atoms with E-state index in [4.69, 9.17) is 10.8 Å². The minimum atomic E-state index is -0.669. The molecule has 1 saturated carbocycles. The van der Waals surface area contributed by atoms with Gasteiger partial charge in [-0.1, -0.05) is 6.07 Å². The van der Waals surface area contributed by atoms with E-state index >= 15 is 0 Å². The second-order valence-corrected chi connectivity index (χ2v) is 4.36. The van der Waals surface area contributed by atoms with Crippen molar-refractivity contribution in [3.8, 4) is 0 Å². The van der Waals surface area contributed by atoms with Gasteiger partial charge in [-0.2, -0.15) is 0 Å². The molecule has 0 bridgehead atoms. The molecule has 1 heterocycles. The maximum Gasteiger partial charge on any atom is 0.306 e. The molecule has 1 aromatic heterocycles. The first kappa shape index (κ1) is 10.9. The number of hydrogen-bond acceptors (Lipinski definition) is 3. The van der Waals surface area contributed by atoms with Crippen LogP contribution in [0, 0.1) is 5.92 Å². The summed E-state index contributed by atoms with van der Waals surface area (Å²) >= 11 is 0. The van der Waals surface area contributed by atoms with E-state index in [9.17, 15) is 4.79 Å². The predicted octanol–water partition coefficient (Wildman–Crippen LogP) is 2.02. The quantitative estimate of drug-likeness (QED) is 0.799. The molecular weight excluding hydrogens is 204 g/mol. The lowest BCUT2D eigenvalue weighted by atomic mass is 9.79. The molecule has 2 rings (SSSR count). The number of nitrogens with two attached hydrogens (primary N) is 1. The molecule has 4 heteroatoms. The highest BCUT2D eigenvalue weighted by Gasteiger charge is 2.27. The number of carbonyl (C=O) groups is 1. The highest BCUT2D eigenvalue weighted by atomic mass is 16.4. The second-order valence-electron chi connectivity index (χ2n) is 4.36. The van der Waals surface area contributed by atoms with Gasteiger partial charge < -0.3 is 10.8 Å². The van der Waals surface area contributed by atoms with E-state index in [-0.39, 0.29) is 5.92 Å². The van der Waals surface area contributed by atoms with Crippen molar-refractivity contribution in [1.29, 1.82) is 0 Å². The fourth-order valence-electron chi connectivity index (χ4n) is 2.43. The van der Waals surface area contributed by atoms with E-state index in [1.807, 2.05) is 12.1 Å². The summed E-state index contributed by atoms with van der Waals surface area (Å²) in [6, 6.07) is 3.88. The van der Waals surface area contributed by atoms with Crippen molar-refractivity contribution in [3.63, 3.8) is 0 Å². The van der Waals surface area contributed by atoms with Crippen LogP contribution in [0.3, 0.4) is 0 Å². The molecule has 1 fully saturated rings. The van der Waals surface area contributed by atoms with Crippen LogP contribution in [0.25, 0.3) is 0 Å². The fourth-order valence-corrected chi connectivity index (χ4v) is 2.43. The lowest BCUT2D eigenvalue weighted by Gasteiger charge is -2.26. The summed E-state index contributed by atoms with van der Waals surface area (Å²) < 4.78 is 0. The summed E-state index contributed by atoms with van der Waals surface area (Å²) in [5.41, 5.74) is 6.89. The summed E-state index contributed by atoms with van der Waals surface area (Å²) in [5.74, 6) is 0.123. The summed E-state index contributed by atoms with van der Waals surface area (Å²) in [7, 11) is 0. The Bertz CT molecular complexity index is 384. The zero-order valence-electron chi connectivity index (χ0n) is 9.10. The van der Waals surface area contributed by atoms with Crippen LogP contribution in [0.5, 0.6) is 0 Å². The summed E-state index contributed by atoms with van der Waals surface area (Å²) in [5, 5.41) is 8.91. The Hall–Kier alpha value is -1.58. The number of aromatic nitrogens is 1. The number of hydrogen-bond donors (Lipinski definition) is 2. The molecule has 1 aliphatic carbocycles. The topological polar surface area (TPSA) is 76.2 Å². The second kappa shape index (κ2) is 4.51. The summed E-state index contributed by atoms with van der Waals surface area (Å²) in [6.07, 6.45) is 4.96. The molecule has 0 amide bonds. The van der Waals surface area contributed by atoms with Gasteiger partial charge in [-0.3, -0.25) is 4.79 Å². The molecule has 1 aliphatic rings. The third-order valence-corrected chi connectivity index (χ3v) is 3.39. The first-order chi connectivity index (χ1) is 7.68. The molecule has 16 heavy (non-hydrogen) atoms. The number of aliphatic carboxylic acids is 1. The number of pyridine rings is 1. The van der Waals surface area contributed by atoms with Crippen molar-refractivity contribution >= 4 is 11.8 Å². The van der Waals surface area contributed by atoms with Crippen molar-refractivity contribution in [2.24, 2.45) is 5.92 Å². The highest BCUT2D eigenvalue weighted by Crippen LogP contribution is 2.37. The Morgan fingerprint density at radius 2 is 2.06 bits per heavy atom. The molecule has 0 spiro atoms. The third-order valence-electron chi connectivity index (χ3n) is 3.39. The number of carboxylic acids is 1. The van der Waals surface area contributed by atoms with Gasteiger partial charge in [0.1, 0.15) is 5.82 Å². The largest absolute Gasteiger partial charge is 0.481 e. The molecule has 0 radical (unpaired) electrons. The van der Waals surface area contributed by atoms with Gasteiger partial charge in [0.25, 0.3) is 0 Å². The molecule has 0 aromatic carbocycles. The van der Waals surface area contributed by atoms with Crippen molar-refractivity contribution in [1.82, 2.24) is 4.98 Å². The van der Waals surface area contributed by atoms with Gasteiger partial charge in [-0.15, -0.1) is 0 Å². The van der Waals surface area contributed by atoms with E-state index in [0.717, 1.165) is 31.2 Å². The third kappa shape index (κ3) is 2.15. The van der Waals surface area contributed by atoms with Gasteiger partial charge >= 0.3 is 5.97 Å². The average Bonchev–Trinajstić information content (AvgIpc) is 2.30. The van der Waals surface area contributed by atoms with Crippen LogP contribution < -0.4 is 5.73 Å². The van der Waals surface area contributed by atoms with Crippen molar-refractivity contribution in [2.75, 3.05) is 5.73 Å². The number of nitrogen functional groups attached to an aromatic ring is 1. The Kier molecular flexibility index (Phi) is 3.08. The molecule has 86 valence electrons. The van der Waals surface area contributed by atoms with Crippen molar-refractivity contribution in [3.05, 3.63) is 23.9 Å². The van der Waals surface area contributed by atoms with Gasteiger partial charge in [0.2, 0.25) is 0 Å². The molecule has 0 atom stereocenters. The lowest BCUT2D eigenvalue weighted by Crippen LogP contribution is -2.21. The molecule has 0 aliphatic heterocycles. The van der Waals surface area contributed by atoms with E-state index in [2.05, 4.69) is 4.98 Å². The monoisotopic (exact) mass is 220 g/mol. The van der Waals surface area contributed by atoms with Crippen LogP contribution in [-0.4, -0.2) is 16.1 Å². The van der Waals surface area contributed by atoms with Crippen LogP contribution in [0.15, 0.2) is 18.3 Å². The molecule has 1 aromatic rings. The van der Waals surface area contributed by atoms with Crippen LogP contribution in [0.1, 0.15) is 37.2 Å². The van der Waals surface area contributed by atoms with Crippen LogP contribution in [0.4, 0.5) is 5.82 Å². The molecular formula is C12H16N2O2. The lowest BCUT2D eigenvalue weighted by molar-refractivity contribution is -0.142. The van der Waals surface area contributed by atoms with Crippen LogP contribution >= 0.6 is 0 Å². The van der Waals surface area contributed by atoms with E-state index < -0.39 is 5.97 Å². The number of anilines is 1. The van der Waals surface area contributed by atoms with Gasteiger partial charge in [0.05, 0.1) is 5.92 Å². The fraction of sp³-hybridized carbons (Fsp3) is 0.500. The van der Waals surface area contributed by atoms with Gasteiger partial charge in [0, 0.05) is 6.20 Å². The van der Waals surface area contributed by atoms with E-state index in [1.54, 1.807) is 6.20 Å². The normalized spacial score (nSPS) is 25.2. The highest BCUT2D eigenvalue weighted by molar-refractivity contribution is 5.70. The average molecular weight is 220 g/mol. The minimum Gasteiger partial charge on any atom is -0.481 e. The maximum atomic E-state index is 10.8. The smallest absolute Gasteiger partial charge is 0.306 e. The minimum absolute atomic E-state index is 0.172.